The molecule has 126 valence electrons. The maximum atomic E-state index is 12.6. The Morgan fingerprint density at radius 3 is 2.88 bits per heavy atom. The van der Waals surface area contributed by atoms with Crippen LogP contribution >= 0.6 is 0 Å². The minimum atomic E-state index is -1.97. The highest BCUT2D eigenvalue weighted by molar-refractivity contribution is 6.02. The number of carboxylic acid groups (broad SMARTS) is 1. The lowest BCUT2D eigenvalue weighted by molar-refractivity contribution is -0.181. The summed E-state index contributed by atoms with van der Waals surface area (Å²) in [5, 5.41) is 30.5. The number of rotatable bonds is 4. The van der Waals surface area contributed by atoms with E-state index in [1.165, 1.54) is 28.9 Å². The first-order valence-corrected chi connectivity index (χ1v) is 7.13. The molecule has 2 N–H and O–H groups in total. The molecule has 10 heteroatoms. The first-order valence-electron chi connectivity index (χ1n) is 7.13. The fourth-order valence-electron chi connectivity index (χ4n) is 2.45. The average Bonchev–Trinajstić information content (AvgIpc) is 3.07. The molecule has 1 amide bonds. The SMILES string of the molecule is C[C@]1(C(O)C(=O)O)OCCN(c2ccn(-c3ccnnc3)n2)C1=O. The number of carboxylic acids is 1. The van der Waals surface area contributed by atoms with Crippen molar-refractivity contribution in [2.75, 3.05) is 18.1 Å². The van der Waals surface area contributed by atoms with Crippen LogP contribution in [0.1, 0.15) is 6.92 Å². The third-order valence-corrected chi connectivity index (χ3v) is 3.83. The Kier molecular flexibility index (Phi) is 3.99. The Bertz CT molecular complexity index is 764. The van der Waals surface area contributed by atoms with Gasteiger partial charge in [0.2, 0.25) is 0 Å². The van der Waals surface area contributed by atoms with Crippen LogP contribution in [0.4, 0.5) is 5.82 Å². The molecule has 24 heavy (non-hydrogen) atoms. The van der Waals surface area contributed by atoms with Crippen LogP contribution in [0.25, 0.3) is 5.69 Å². The molecule has 1 saturated heterocycles. The highest BCUT2D eigenvalue weighted by atomic mass is 16.5. The van der Waals surface area contributed by atoms with Crippen LogP contribution < -0.4 is 4.90 Å². The molecule has 1 aliphatic heterocycles. The fourth-order valence-corrected chi connectivity index (χ4v) is 2.45. The summed E-state index contributed by atoms with van der Waals surface area (Å²) in [6.07, 6.45) is 2.69. The summed E-state index contributed by atoms with van der Waals surface area (Å²) in [7, 11) is 0. The monoisotopic (exact) mass is 333 g/mol. The molecular weight excluding hydrogens is 318 g/mol. The van der Waals surface area contributed by atoms with Crippen molar-refractivity contribution in [3.63, 3.8) is 0 Å². The van der Waals surface area contributed by atoms with E-state index in [0.717, 1.165) is 0 Å². The van der Waals surface area contributed by atoms with E-state index in [4.69, 9.17) is 9.84 Å². The highest BCUT2D eigenvalue weighted by Crippen LogP contribution is 2.27. The molecule has 1 fully saturated rings. The molecule has 2 atom stereocenters. The smallest absolute Gasteiger partial charge is 0.336 e. The molecule has 0 bridgehead atoms. The van der Waals surface area contributed by atoms with Crippen LogP contribution in [0, 0.1) is 0 Å². The normalized spacial score (nSPS) is 22.4. The predicted molar refractivity (Wildman–Crippen MR) is 79.5 cm³/mol. The first-order chi connectivity index (χ1) is 11.4. The number of nitrogens with zero attached hydrogens (tertiary/aromatic N) is 5. The second-order valence-electron chi connectivity index (χ2n) is 5.37. The number of aliphatic carboxylic acids is 1. The Morgan fingerprint density at radius 1 is 1.42 bits per heavy atom. The van der Waals surface area contributed by atoms with Crippen molar-refractivity contribution < 1.29 is 24.5 Å². The number of hydrogen-bond acceptors (Lipinski definition) is 7. The van der Waals surface area contributed by atoms with Crippen molar-refractivity contribution in [3.8, 4) is 5.69 Å². The number of aliphatic hydroxyl groups is 1. The number of ether oxygens (including phenoxy) is 1. The molecule has 3 heterocycles. The zero-order valence-corrected chi connectivity index (χ0v) is 12.7. The second-order valence-corrected chi connectivity index (χ2v) is 5.37. The van der Waals surface area contributed by atoms with Gasteiger partial charge < -0.3 is 14.9 Å². The number of anilines is 1. The van der Waals surface area contributed by atoms with Crippen molar-refractivity contribution in [2.45, 2.75) is 18.6 Å². The van der Waals surface area contributed by atoms with Gasteiger partial charge in [-0.25, -0.2) is 9.48 Å². The van der Waals surface area contributed by atoms with Crippen molar-refractivity contribution in [1.29, 1.82) is 0 Å². The zero-order chi connectivity index (χ0) is 17.3. The van der Waals surface area contributed by atoms with Gasteiger partial charge in [-0.05, 0) is 13.0 Å². The summed E-state index contributed by atoms with van der Waals surface area (Å²) in [5.74, 6) is -1.87. The van der Waals surface area contributed by atoms with Crippen molar-refractivity contribution >= 4 is 17.7 Å². The third-order valence-electron chi connectivity index (χ3n) is 3.83. The Hall–Kier alpha value is -2.85. The van der Waals surface area contributed by atoms with E-state index in [-0.39, 0.29) is 13.2 Å². The predicted octanol–water partition coefficient (Wildman–Crippen LogP) is -0.770. The van der Waals surface area contributed by atoms with E-state index in [1.54, 1.807) is 18.3 Å². The average molecular weight is 333 g/mol. The van der Waals surface area contributed by atoms with Crippen LogP contribution in [0.15, 0.2) is 30.7 Å². The van der Waals surface area contributed by atoms with E-state index in [2.05, 4.69) is 15.3 Å². The molecule has 1 aliphatic rings. The first kappa shape index (κ1) is 16.0. The standard InChI is InChI=1S/C14H15N5O5/c1-14(11(20)12(21)22)13(23)18(6-7-24-14)10-3-5-19(17-10)9-2-4-15-16-8-9/h2-5,8,11,20H,6-7H2,1H3,(H,21,22)/t11?,14-/m1/s1. The Morgan fingerprint density at radius 2 is 2.21 bits per heavy atom. The zero-order valence-electron chi connectivity index (χ0n) is 12.7. The molecule has 0 aromatic carbocycles. The molecule has 0 radical (unpaired) electrons. The summed E-state index contributed by atoms with van der Waals surface area (Å²) in [5.41, 5.74) is -1.21. The molecule has 10 nitrogen and oxygen atoms in total. The van der Waals surface area contributed by atoms with Crippen molar-refractivity contribution in [1.82, 2.24) is 20.0 Å². The van der Waals surface area contributed by atoms with Gasteiger partial charge in [0.05, 0.1) is 31.2 Å². The quantitative estimate of drug-likeness (QED) is 0.746. The van der Waals surface area contributed by atoms with Crippen LogP contribution in [0.5, 0.6) is 0 Å². The summed E-state index contributed by atoms with van der Waals surface area (Å²) in [4.78, 5) is 25.0. The molecule has 1 unspecified atom stereocenters. The van der Waals surface area contributed by atoms with Crippen LogP contribution in [-0.2, 0) is 14.3 Å². The number of carbonyl (C=O) groups is 2. The molecular formula is C14H15N5O5. The molecule has 0 aliphatic carbocycles. The van der Waals surface area contributed by atoms with Gasteiger partial charge in [0.25, 0.3) is 5.91 Å². The van der Waals surface area contributed by atoms with Crippen molar-refractivity contribution in [2.24, 2.45) is 0 Å². The van der Waals surface area contributed by atoms with Gasteiger partial charge in [0.15, 0.2) is 17.5 Å². The minimum Gasteiger partial charge on any atom is -0.479 e. The van der Waals surface area contributed by atoms with Gasteiger partial charge in [-0.2, -0.15) is 10.2 Å². The second kappa shape index (κ2) is 5.98. The maximum Gasteiger partial charge on any atom is 0.336 e. The molecule has 2 aromatic rings. The van der Waals surface area contributed by atoms with Crippen LogP contribution in [0.3, 0.4) is 0 Å². The number of amides is 1. The van der Waals surface area contributed by atoms with Gasteiger partial charge in [0, 0.05) is 12.3 Å². The summed E-state index contributed by atoms with van der Waals surface area (Å²) in [6.45, 7) is 1.53. The largest absolute Gasteiger partial charge is 0.479 e. The lowest BCUT2D eigenvalue weighted by atomic mass is 9.95. The molecule has 3 rings (SSSR count). The Labute approximate surface area is 136 Å². The van der Waals surface area contributed by atoms with E-state index < -0.39 is 23.6 Å². The number of carbonyl (C=O) groups excluding carboxylic acids is 1. The fraction of sp³-hybridized carbons (Fsp3) is 0.357. The molecule has 0 spiro atoms. The number of aromatic nitrogens is 4. The number of hydrogen-bond donors (Lipinski definition) is 2. The maximum absolute atomic E-state index is 12.6. The summed E-state index contributed by atoms with van der Waals surface area (Å²) >= 11 is 0. The lowest BCUT2D eigenvalue weighted by Gasteiger charge is -2.39. The van der Waals surface area contributed by atoms with E-state index >= 15 is 0 Å². The summed E-state index contributed by atoms with van der Waals surface area (Å²) < 4.78 is 6.78. The molecule has 0 saturated carbocycles. The van der Waals surface area contributed by atoms with Gasteiger partial charge >= 0.3 is 5.97 Å². The van der Waals surface area contributed by atoms with E-state index in [1.807, 2.05) is 0 Å². The van der Waals surface area contributed by atoms with Crippen molar-refractivity contribution in [3.05, 3.63) is 30.7 Å². The van der Waals surface area contributed by atoms with Gasteiger partial charge in [-0.15, -0.1) is 5.10 Å². The third kappa shape index (κ3) is 2.61. The van der Waals surface area contributed by atoms with Crippen LogP contribution in [0.2, 0.25) is 0 Å². The Balaban J connectivity index is 1.89. The minimum absolute atomic E-state index is 0.0796. The highest BCUT2D eigenvalue weighted by Gasteiger charge is 2.51. The van der Waals surface area contributed by atoms with Gasteiger partial charge in [-0.1, -0.05) is 0 Å². The van der Waals surface area contributed by atoms with Crippen LogP contribution in [-0.4, -0.2) is 66.9 Å². The molecule has 2 aromatic heterocycles. The number of aliphatic hydroxyl groups excluding tert-OH is 1. The van der Waals surface area contributed by atoms with E-state index in [9.17, 15) is 14.7 Å². The van der Waals surface area contributed by atoms with Gasteiger partial charge in [-0.3, -0.25) is 9.69 Å². The number of morpholine rings is 1. The van der Waals surface area contributed by atoms with E-state index in [0.29, 0.717) is 11.5 Å². The topological polar surface area (TPSA) is 131 Å². The summed E-state index contributed by atoms with van der Waals surface area (Å²) in [6, 6.07) is 3.31. The van der Waals surface area contributed by atoms with Gasteiger partial charge in [0.1, 0.15) is 0 Å². The lowest BCUT2D eigenvalue weighted by Crippen LogP contribution is -2.63.